The fourth-order valence-corrected chi connectivity index (χ4v) is 3.77. The summed E-state index contributed by atoms with van der Waals surface area (Å²) in [5.74, 6) is 0.526. The van der Waals surface area contributed by atoms with Gasteiger partial charge in [-0.25, -0.2) is 9.97 Å². The lowest BCUT2D eigenvalue weighted by molar-refractivity contribution is -0.141. The molecule has 3 rings (SSSR count). The van der Waals surface area contributed by atoms with Gasteiger partial charge in [-0.2, -0.15) is 0 Å². The Balaban J connectivity index is 1.43. The minimum Gasteiger partial charge on any atom is -0.494 e. The second kappa shape index (κ2) is 9.65. The van der Waals surface area contributed by atoms with Crippen LogP contribution in [0.25, 0.3) is 6.08 Å². The fourth-order valence-electron chi connectivity index (χ4n) is 3.77. The first-order valence-corrected chi connectivity index (χ1v) is 10.1. The predicted octanol–water partition coefficient (Wildman–Crippen LogP) is 3.74. The number of benzene rings is 1. The number of aromatic nitrogens is 2. The standard InChI is InChI=1S/C23H29N3O3/c1-4-22-25-13-15(2)21(26-22)14-24-10-5-11-29-18-7-9-20-17(12-18)6-8-19(20)16(3)23(27)28/h4,7,9,12-13,16,19,24H,1,5-6,8,10-11,14H2,2-3H3,(H,27,28)/t16-,19-/m0/s1. The molecule has 0 fully saturated rings. The second-order valence-electron chi connectivity index (χ2n) is 7.57. The molecule has 0 spiro atoms. The van der Waals surface area contributed by atoms with Crippen LogP contribution in [0, 0.1) is 12.8 Å². The quantitative estimate of drug-likeness (QED) is 0.596. The molecule has 1 aromatic carbocycles. The van der Waals surface area contributed by atoms with Gasteiger partial charge in [-0.05, 0) is 73.5 Å². The summed E-state index contributed by atoms with van der Waals surface area (Å²) in [6, 6.07) is 6.06. The third kappa shape index (κ3) is 5.21. The Labute approximate surface area is 172 Å². The first-order chi connectivity index (χ1) is 14.0. The van der Waals surface area contributed by atoms with Crippen LogP contribution in [0.3, 0.4) is 0 Å². The number of aliphatic carboxylic acids is 1. The third-order valence-corrected chi connectivity index (χ3v) is 5.57. The van der Waals surface area contributed by atoms with Gasteiger partial charge >= 0.3 is 5.97 Å². The number of carbonyl (C=O) groups is 1. The van der Waals surface area contributed by atoms with E-state index in [4.69, 9.17) is 4.74 Å². The predicted molar refractivity (Wildman–Crippen MR) is 113 cm³/mol. The molecule has 154 valence electrons. The molecular weight excluding hydrogens is 366 g/mol. The number of ether oxygens (including phenoxy) is 1. The normalized spacial score (nSPS) is 16.3. The monoisotopic (exact) mass is 395 g/mol. The highest BCUT2D eigenvalue weighted by Gasteiger charge is 2.31. The lowest BCUT2D eigenvalue weighted by Gasteiger charge is -2.16. The zero-order chi connectivity index (χ0) is 20.8. The average Bonchev–Trinajstić information content (AvgIpc) is 3.14. The average molecular weight is 396 g/mol. The molecule has 0 saturated carbocycles. The summed E-state index contributed by atoms with van der Waals surface area (Å²) in [5.41, 5.74) is 4.43. The number of carboxylic acid groups (broad SMARTS) is 1. The Bertz CT molecular complexity index is 882. The number of rotatable bonds is 10. The molecule has 0 amide bonds. The topological polar surface area (TPSA) is 84.3 Å². The van der Waals surface area contributed by atoms with Gasteiger partial charge in [0, 0.05) is 12.7 Å². The molecule has 0 unspecified atom stereocenters. The molecular formula is C23H29N3O3. The van der Waals surface area contributed by atoms with Crippen LogP contribution in [0.5, 0.6) is 5.75 Å². The van der Waals surface area contributed by atoms with Gasteiger partial charge in [0.2, 0.25) is 0 Å². The van der Waals surface area contributed by atoms with Gasteiger partial charge in [-0.1, -0.05) is 19.6 Å². The van der Waals surface area contributed by atoms with Crippen molar-refractivity contribution in [3.8, 4) is 5.75 Å². The van der Waals surface area contributed by atoms with Gasteiger partial charge in [0.05, 0.1) is 18.2 Å². The van der Waals surface area contributed by atoms with Crippen molar-refractivity contribution in [2.45, 2.75) is 45.6 Å². The summed E-state index contributed by atoms with van der Waals surface area (Å²) >= 11 is 0. The summed E-state index contributed by atoms with van der Waals surface area (Å²) in [6.07, 6.45) is 6.17. The Morgan fingerprint density at radius 1 is 1.48 bits per heavy atom. The second-order valence-corrected chi connectivity index (χ2v) is 7.57. The molecule has 0 bridgehead atoms. The van der Waals surface area contributed by atoms with Crippen LogP contribution in [0.1, 0.15) is 53.9 Å². The number of aryl methyl sites for hydroxylation is 2. The molecule has 0 saturated heterocycles. The Hall–Kier alpha value is -2.73. The highest BCUT2D eigenvalue weighted by molar-refractivity contribution is 5.71. The number of hydrogen-bond acceptors (Lipinski definition) is 5. The highest BCUT2D eigenvalue weighted by atomic mass is 16.5. The van der Waals surface area contributed by atoms with Gasteiger partial charge in [-0.3, -0.25) is 4.79 Å². The van der Waals surface area contributed by atoms with Crippen molar-refractivity contribution in [2.75, 3.05) is 13.2 Å². The number of nitrogens with zero attached hydrogens (tertiary/aromatic N) is 2. The van der Waals surface area contributed by atoms with Gasteiger partial charge < -0.3 is 15.2 Å². The first-order valence-electron chi connectivity index (χ1n) is 10.1. The molecule has 29 heavy (non-hydrogen) atoms. The van der Waals surface area contributed by atoms with Crippen LogP contribution in [0.2, 0.25) is 0 Å². The molecule has 1 heterocycles. The van der Waals surface area contributed by atoms with E-state index in [9.17, 15) is 9.90 Å². The van der Waals surface area contributed by atoms with Gasteiger partial charge in [-0.15, -0.1) is 0 Å². The van der Waals surface area contributed by atoms with Crippen molar-refractivity contribution >= 4 is 12.0 Å². The third-order valence-electron chi connectivity index (χ3n) is 5.57. The van der Waals surface area contributed by atoms with Crippen LogP contribution in [-0.4, -0.2) is 34.2 Å². The molecule has 6 heteroatoms. The van der Waals surface area contributed by atoms with Crippen molar-refractivity contribution in [2.24, 2.45) is 5.92 Å². The van der Waals surface area contributed by atoms with Crippen molar-refractivity contribution in [1.82, 2.24) is 15.3 Å². The molecule has 0 radical (unpaired) electrons. The maximum absolute atomic E-state index is 11.3. The summed E-state index contributed by atoms with van der Waals surface area (Å²) in [6.45, 7) is 9.65. The first kappa shape index (κ1) is 21.0. The Kier molecular flexibility index (Phi) is 6.99. The largest absolute Gasteiger partial charge is 0.494 e. The van der Waals surface area contributed by atoms with E-state index in [1.807, 2.05) is 25.3 Å². The van der Waals surface area contributed by atoms with E-state index in [1.165, 1.54) is 5.56 Å². The van der Waals surface area contributed by atoms with Crippen LogP contribution in [0.15, 0.2) is 31.0 Å². The molecule has 1 aliphatic rings. The van der Waals surface area contributed by atoms with Crippen molar-refractivity contribution in [3.63, 3.8) is 0 Å². The lowest BCUT2D eigenvalue weighted by atomic mass is 9.89. The van der Waals surface area contributed by atoms with Gasteiger partial charge in [0.1, 0.15) is 5.75 Å². The molecule has 1 aliphatic carbocycles. The van der Waals surface area contributed by atoms with Gasteiger partial charge in [0.15, 0.2) is 5.82 Å². The SMILES string of the molecule is C=Cc1ncc(C)c(CNCCCOc2ccc3c(c2)CC[C@H]3[C@H](C)C(=O)O)n1. The van der Waals surface area contributed by atoms with E-state index in [0.717, 1.165) is 48.4 Å². The van der Waals surface area contributed by atoms with Crippen molar-refractivity contribution in [3.05, 3.63) is 59.2 Å². The number of carboxylic acids is 1. The highest BCUT2D eigenvalue weighted by Crippen LogP contribution is 2.39. The van der Waals surface area contributed by atoms with Crippen LogP contribution in [0.4, 0.5) is 0 Å². The smallest absolute Gasteiger partial charge is 0.306 e. The minimum atomic E-state index is -0.728. The summed E-state index contributed by atoms with van der Waals surface area (Å²) in [5, 5.41) is 12.7. The van der Waals surface area contributed by atoms with Crippen molar-refractivity contribution < 1.29 is 14.6 Å². The Morgan fingerprint density at radius 3 is 3.07 bits per heavy atom. The molecule has 2 aromatic rings. The van der Waals surface area contributed by atoms with E-state index in [0.29, 0.717) is 19.0 Å². The van der Waals surface area contributed by atoms with Crippen LogP contribution < -0.4 is 10.1 Å². The van der Waals surface area contributed by atoms with Crippen LogP contribution in [-0.2, 0) is 17.8 Å². The van der Waals surface area contributed by atoms with E-state index in [1.54, 1.807) is 13.0 Å². The van der Waals surface area contributed by atoms with Gasteiger partial charge in [0.25, 0.3) is 0 Å². The minimum absolute atomic E-state index is 0.104. The van der Waals surface area contributed by atoms with E-state index in [-0.39, 0.29) is 11.8 Å². The van der Waals surface area contributed by atoms with E-state index in [2.05, 4.69) is 27.9 Å². The number of fused-ring (bicyclic) bond motifs is 1. The summed E-state index contributed by atoms with van der Waals surface area (Å²) < 4.78 is 5.89. The Morgan fingerprint density at radius 2 is 2.31 bits per heavy atom. The zero-order valence-corrected chi connectivity index (χ0v) is 17.1. The fraction of sp³-hybridized carbons (Fsp3) is 0.435. The molecule has 0 aliphatic heterocycles. The van der Waals surface area contributed by atoms with E-state index >= 15 is 0 Å². The van der Waals surface area contributed by atoms with E-state index < -0.39 is 5.97 Å². The summed E-state index contributed by atoms with van der Waals surface area (Å²) in [4.78, 5) is 19.9. The molecule has 6 nitrogen and oxygen atoms in total. The molecule has 2 atom stereocenters. The maximum Gasteiger partial charge on any atom is 0.306 e. The molecule has 2 N–H and O–H groups in total. The number of nitrogens with one attached hydrogen (secondary N) is 1. The zero-order valence-electron chi connectivity index (χ0n) is 17.1. The maximum atomic E-state index is 11.3. The molecule has 1 aromatic heterocycles. The van der Waals surface area contributed by atoms with Crippen LogP contribution >= 0.6 is 0 Å². The van der Waals surface area contributed by atoms with Crippen molar-refractivity contribution in [1.29, 1.82) is 0 Å². The summed E-state index contributed by atoms with van der Waals surface area (Å²) in [7, 11) is 0. The lowest BCUT2D eigenvalue weighted by Crippen LogP contribution is -2.19. The number of hydrogen-bond donors (Lipinski definition) is 2.